The van der Waals surface area contributed by atoms with Crippen molar-refractivity contribution in [1.29, 1.82) is 0 Å². The molecule has 3 rings (SSSR count). The number of hydrogen-bond donors (Lipinski definition) is 2. The molecule has 2 heterocycles. The summed E-state index contributed by atoms with van der Waals surface area (Å²) in [4.78, 5) is 39.2. The van der Waals surface area contributed by atoms with Crippen LogP contribution in [0.5, 0.6) is 11.5 Å². The number of carbonyl (C=O) groups is 3. The number of hydrogen-bond acceptors (Lipinski definition) is 6. The summed E-state index contributed by atoms with van der Waals surface area (Å²) in [5, 5.41) is 3.40. The highest BCUT2D eigenvalue weighted by Crippen LogP contribution is 2.38. The fourth-order valence-electron chi connectivity index (χ4n) is 3.83. The highest BCUT2D eigenvalue weighted by molar-refractivity contribution is 6.07. The quantitative estimate of drug-likeness (QED) is 0.670. The summed E-state index contributed by atoms with van der Waals surface area (Å²) in [6, 6.07) is 5.04. The van der Waals surface area contributed by atoms with Gasteiger partial charge >= 0.3 is 6.03 Å². The van der Waals surface area contributed by atoms with Gasteiger partial charge < -0.3 is 14.8 Å². The Hall–Kier alpha value is -2.81. The lowest BCUT2D eigenvalue weighted by molar-refractivity contribution is -0.139. The summed E-state index contributed by atoms with van der Waals surface area (Å²) in [6.45, 7) is 4.26. The molecule has 4 amide bonds. The molecule has 0 spiro atoms. The Morgan fingerprint density at radius 2 is 2.07 bits per heavy atom. The monoisotopic (exact) mass is 404 g/mol. The maximum absolute atomic E-state index is 12.6. The van der Waals surface area contributed by atoms with E-state index in [2.05, 4.69) is 10.7 Å². The van der Waals surface area contributed by atoms with Gasteiger partial charge in [0.15, 0.2) is 0 Å². The number of amides is 4. The van der Waals surface area contributed by atoms with E-state index in [9.17, 15) is 14.4 Å². The summed E-state index contributed by atoms with van der Waals surface area (Å²) in [7, 11) is 3.20. The largest absolute Gasteiger partial charge is 0.497 e. The molecule has 2 aliphatic heterocycles. The molecule has 2 saturated heterocycles. The molecular formula is C20H28N4O5. The van der Waals surface area contributed by atoms with E-state index in [-0.39, 0.29) is 12.6 Å². The van der Waals surface area contributed by atoms with E-state index in [1.807, 2.05) is 23.1 Å². The first-order valence-electron chi connectivity index (χ1n) is 9.75. The second-order valence-corrected chi connectivity index (χ2v) is 7.53. The topological polar surface area (TPSA) is 100 Å². The third-order valence-electron chi connectivity index (χ3n) is 5.71. The number of nitrogens with one attached hydrogen (secondary N) is 2. The zero-order chi connectivity index (χ0) is 21.2. The number of urea groups is 1. The van der Waals surface area contributed by atoms with Crippen molar-refractivity contribution in [3.63, 3.8) is 0 Å². The van der Waals surface area contributed by atoms with E-state index in [4.69, 9.17) is 9.47 Å². The van der Waals surface area contributed by atoms with E-state index in [1.165, 1.54) is 0 Å². The van der Waals surface area contributed by atoms with Crippen LogP contribution in [0.25, 0.3) is 0 Å². The maximum atomic E-state index is 12.6. The van der Waals surface area contributed by atoms with Crippen LogP contribution in [-0.4, -0.2) is 60.6 Å². The van der Waals surface area contributed by atoms with Gasteiger partial charge in [-0.1, -0.05) is 13.0 Å². The number of hydrazine groups is 1. The number of rotatable bonds is 7. The number of imide groups is 1. The summed E-state index contributed by atoms with van der Waals surface area (Å²) >= 11 is 0. The van der Waals surface area contributed by atoms with Crippen molar-refractivity contribution in [3.05, 3.63) is 23.8 Å². The van der Waals surface area contributed by atoms with E-state index >= 15 is 0 Å². The minimum Gasteiger partial charge on any atom is -0.497 e. The van der Waals surface area contributed by atoms with E-state index in [1.54, 1.807) is 28.1 Å². The summed E-state index contributed by atoms with van der Waals surface area (Å²) in [5.41, 5.74) is 2.44. The molecule has 0 unspecified atom stereocenters. The number of methoxy groups -OCH3 is 2. The lowest BCUT2D eigenvalue weighted by atomic mass is 10.00. The molecule has 0 saturated carbocycles. The van der Waals surface area contributed by atoms with Crippen molar-refractivity contribution in [2.24, 2.45) is 0 Å². The zero-order valence-electron chi connectivity index (χ0n) is 17.3. The molecule has 0 aliphatic carbocycles. The average Bonchev–Trinajstić information content (AvgIpc) is 3.25. The minimum absolute atomic E-state index is 0.00520. The van der Waals surface area contributed by atoms with Gasteiger partial charge in [0.2, 0.25) is 0 Å². The van der Waals surface area contributed by atoms with Crippen molar-refractivity contribution >= 4 is 17.8 Å². The SMILES string of the molecule is CC[C@]1(C)NC(=O)N(NC(=O)CN2CCC[C@@H]2c2ccc(OC)cc2OC)C1=O. The lowest BCUT2D eigenvalue weighted by Crippen LogP contribution is -2.51. The van der Waals surface area contributed by atoms with E-state index < -0.39 is 23.4 Å². The second-order valence-electron chi connectivity index (χ2n) is 7.53. The van der Waals surface area contributed by atoms with Gasteiger partial charge in [0.25, 0.3) is 11.8 Å². The molecule has 2 atom stereocenters. The van der Waals surface area contributed by atoms with Crippen molar-refractivity contribution in [2.75, 3.05) is 27.3 Å². The molecule has 2 fully saturated rings. The van der Waals surface area contributed by atoms with Crippen LogP contribution in [-0.2, 0) is 9.59 Å². The maximum Gasteiger partial charge on any atom is 0.344 e. The van der Waals surface area contributed by atoms with E-state index in [0.717, 1.165) is 30.0 Å². The van der Waals surface area contributed by atoms with Crippen LogP contribution in [0.1, 0.15) is 44.7 Å². The van der Waals surface area contributed by atoms with Crippen LogP contribution in [0, 0.1) is 0 Å². The molecule has 9 heteroatoms. The van der Waals surface area contributed by atoms with Gasteiger partial charge in [-0.15, -0.1) is 0 Å². The highest BCUT2D eigenvalue weighted by atomic mass is 16.5. The van der Waals surface area contributed by atoms with Crippen LogP contribution in [0.4, 0.5) is 4.79 Å². The molecule has 1 aromatic carbocycles. The summed E-state index contributed by atoms with van der Waals surface area (Å²) < 4.78 is 10.8. The molecule has 1 aromatic rings. The van der Waals surface area contributed by atoms with Gasteiger partial charge in [-0.3, -0.25) is 19.9 Å². The zero-order valence-corrected chi connectivity index (χ0v) is 17.3. The Morgan fingerprint density at radius 3 is 2.69 bits per heavy atom. The van der Waals surface area contributed by atoms with Gasteiger partial charge in [0.05, 0.1) is 20.8 Å². The molecule has 0 bridgehead atoms. The third-order valence-corrected chi connectivity index (χ3v) is 5.71. The number of nitrogens with zero attached hydrogens (tertiary/aromatic N) is 2. The molecule has 2 aliphatic rings. The molecule has 29 heavy (non-hydrogen) atoms. The van der Waals surface area contributed by atoms with Crippen molar-refractivity contribution < 1.29 is 23.9 Å². The Balaban J connectivity index is 1.69. The fraction of sp³-hybridized carbons (Fsp3) is 0.550. The Kier molecular flexibility index (Phi) is 5.97. The lowest BCUT2D eigenvalue weighted by Gasteiger charge is -2.26. The first-order valence-corrected chi connectivity index (χ1v) is 9.75. The van der Waals surface area contributed by atoms with Crippen LogP contribution in [0.2, 0.25) is 0 Å². The highest BCUT2D eigenvalue weighted by Gasteiger charge is 2.47. The number of benzene rings is 1. The number of ether oxygens (including phenoxy) is 2. The molecule has 0 aromatic heterocycles. The fourth-order valence-corrected chi connectivity index (χ4v) is 3.83. The van der Waals surface area contributed by atoms with Crippen LogP contribution in [0.3, 0.4) is 0 Å². The first-order chi connectivity index (χ1) is 13.8. The molecule has 158 valence electrons. The van der Waals surface area contributed by atoms with Crippen molar-refractivity contribution in [1.82, 2.24) is 20.7 Å². The van der Waals surface area contributed by atoms with Gasteiger partial charge in [0.1, 0.15) is 17.0 Å². The van der Waals surface area contributed by atoms with Gasteiger partial charge in [-0.25, -0.2) is 4.79 Å². The predicted molar refractivity (Wildman–Crippen MR) is 105 cm³/mol. The Bertz CT molecular complexity index is 814. The normalized spacial score (nSPS) is 24.6. The third kappa shape index (κ3) is 4.00. The van der Waals surface area contributed by atoms with Gasteiger partial charge in [0, 0.05) is 17.7 Å². The van der Waals surface area contributed by atoms with Crippen molar-refractivity contribution in [3.8, 4) is 11.5 Å². The smallest absolute Gasteiger partial charge is 0.344 e. The average molecular weight is 404 g/mol. The second kappa shape index (κ2) is 8.28. The summed E-state index contributed by atoms with van der Waals surface area (Å²) in [6.07, 6.45) is 2.26. The van der Waals surface area contributed by atoms with Gasteiger partial charge in [-0.05, 0) is 38.8 Å². The number of likely N-dealkylation sites (tertiary alicyclic amines) is 1. The molecule has 2 N–H and O–H groups in total. The first kappa shape index (κ1) is 20.9. The van der Waals surface area contributed by atoms with Crippen molar-refractivity contribution in [2.45, 2.75) is 44.7 Å². The standard InChI is InChI=1S/C20H28N4O5/c1-5-20(2)18(26)24(19(27)21-20)22-17(25)12-23-10-6-7-15(23)14-9-8-13(28-3)11-16(14)29-4/h8-9,11,15H,5-7,10,12H2,1-4H3,(H,21,27)(H,22,25)/t15-,20+/m1/s1. The molecule has 0 radical (unpaired) electrons. The number of carbonyl (C=O) groups excluding carboxylic acids is 3. The van der Waals surface area contributed by atoms with E-state index in [0.29, 0.717) is 17.9 Å². The Labute approximate surface area is 170 Å². The Morgan fingerprint density at radius 1 is 1.31 bits per heavy atom. The molecular weight excluding hydrogens is 376 g/mol. The van der Waals surface area contributed by atoms with Crippen LogP contribution < -0.4 is 20.2 Å². The summed E-state index contributed by atoms with van der Waals surface area (Å²) in [5.74, 6) is 0.543. The predicted octanol–water partition coefficient (Wildman–Crippen LogP) is 1.59. The van der Waals surface area contributed by atoms with Crippen LogP contribution in [0.15, 0.2) is 18.2 Å². The molecule has 9 nitrogen and oxygen atoms in total. The van der Waals surface area contributed by atoms with Gasteiger partial charge in [-0.2, -0.15) is 5.01 Å². The van der Waals surface area contributed by atoms with Crippen LogP contribution >= 0.6 is 0 Å². The minimum atomic E-state index is -0.989.